The summed E-state index contributed by atoms with van der Waals surface area (Å²) in [5, 5.41) is -0.880. The van der Waals surface area contributed by atoms with Gasteiger partial charge in [0.1, 0.15) is 5.75 Å². The first kappa shape index (κ1) is 24.9. The van der Waals surface area contributed by atoms with Gasteiger partial charge in [-0.25, -0.2) is 23.4 Å². The van der Waals surface area contributed by atoms with Crippen LogP contribution in [0.4, 0.5) is 24.8 Å². The number of nitrogens with zero attached hydrogens (tertiary/aromatic N) is 5. The molecule has 35 heavy (non-hydrogen) atoms. The van der Waals surface area contributed by atoms with Crippen molar-refractivity contribution < 1.29 is 35.9 Å². The van der Waals surface area contributed by atoms with Crippen LogP contribution in [0, 0.1) is 0 Å². The lowest BCUT2D eigenvalue weighted by atomic mass is 10.2. The molecular formula is C21H24F3N5O5S. The number of rotatable bonds is 8. The molecule has 2 aromatic rings. The molecule has 1 amide bonds. The van der Waals surface area contributed by atoms with Gasteiger partial charge in [0.15, 0.2) is 22.5 Å². The van der Waals surface area contributed by atoms with E-state index in [-0.39, 0.29) is 17.5 Å². The van der Waals surface area contributed by atoms with Gasteiger partial charge in [-0.05, 0) is 19.9 Å². The fraction of sp³-hybridized carbons (Fsp3) is 0.524. The van der Waals surface area contributed by atoms with Crippen molar-refractivity contribution in [3.05, 3.63) is 30.7 Å². The minimum absolute atomic E-state index is 0.207. The number of carbonyl (C=O) groups excluding carboxylic acids is 1. The van der Waals surface area contributed by atoms with Gasteiger partial charge in [0.25, 0.3) is 5.91 Å². The van der Waals surface area contributed by atoms with Crippen LogP contribution in [0.5, 0.6) is 11.6 Å². The normalized spacial score (nSPS) is 19.3. The summed E-state index contributed by atoms with van der Waals surface area (Å²) in [6.07, 6.45) is -0.684. The van der Waals surface area contributed by atoms with Gasteiger partial charge in [-0.3, -0.25) is 4.79 Å². The molecule has 4 rings (SSSR count). The van der Waals surface area contributed by atoms with E-state index in [1.54, 1.807) is 18.7 Å². The van der Waals surface area contributed by atoms with Crippen molar-refractivity contribution in [2.24, 2.45) is 0 Å². The molecule has 0 saturated carbocycles. The lowest BCUT2D eigenvalue weighted by Crippen LogP contribution is -2.56. The average Bonchev–Trinajstić information content (AvgIpc) is 3.12. The summed E-state index contributed by atoms with van der Waals surface area (Å²) in [4.78, 5) is 28.3. The Bertz CT molecular complexity index is 1150. The zero-order chi connectivity index (χ0) is 25.4. The molecular weight excluding hydrogens is 491 g/mol. The van der Waals surface area contributed by atoms with E-state index in [9.17, 15) is 26.4 Å². The lowest BCUT2D eigenvalue weighted by Gasteiger charge is -2.39. The van der Waals surface area contributed by atoms with E-state index in [0.29, 0.717) is 37.7 Å². The van der Waals surface area contributed by atoms with Crippen LogP contribution >= 0.6 is 0 Å². The highest BCUT2D eigenvalue weighted by Gasteiger charge is 2.40. The van der Waals surface area contributed by atoms with Gasteiger partial charge in [0.05, 0.1) is 34.8 Å². The Morgan fingerprint density at radius 1 is 1.11 bits per heavy atom. The molecule has 0 aliphatic carbocycles. The van der Waals surface area contributed by atoms with E-state index in [1.165, 1.54) is 35.6 Å². The van der Waals surface area contributed by atoms with Crippen molar-refractivity contribution in [1.82, 2.24) is 15.0 Å². The first-order valence-electron chi connectivity index (χ1n) is 10.9. The summed E-state index contributed by atoms with van der Waals surface area (Å²) in [6, 6.07) is 2.62. The molecule has 0 aromatic carbocycles. The number of halogens is 3. The maximum Gasteiger partial charge on any atom is 0.422 e. The SMILES string of the molecule is CC(C)S(=O)(=O)C1CN(c2ncc(N3CC[C@@H](Oc4ccc(OCC(F)(F)F)nc4)C3=O)cn2)C1. The molecule has 4 heterocycles. The third-order valence-corrected chi connectivity index (χ3v) is 8.26. The van der Waals surface area contributed by atoms with E-state index in [1.807, 2.05) is 0 Å². The topological polar surface area (TPSA) is 115 Å². The Hall–Kier alpha value is -3.16. The molecule has 2 aromatic heterocycles. The van der Waals surface area contributed by atoms with Crippen molar-refractivity contribution in [3.63, 3.8) is 0 Å². The monoisotopic (exact) mass is 515 g/mol. The molecule has 0 radical (unpaired) electrons. The Balaban J connectivity index is 1.31. The molecule has 2 aliphatic heterocycles. The number of carbonyl (C=O) groups is 1. The molecule has 2 saturated heterocycles. The van der Waals surface area contributed by atoms with E-state index >= 15 is 0 Å². The van der Waals surface area contributed by atoms with Crippen LogP contribution in [0.3, 0.4) is 0 Å². The highest BCUT2D eigenvalue weighted by atomic mass is 32.2. The van der Waals surface area contributed by atoms with Crippen molar-refractivity contribution >= 4 is 27.4 Å². The molecule has 0 N–H and O–H groups in total. The van der Waals surface area contributed by atoms with Gasteiger partial charge < -0.3 is 19.3 Å². The first-order valence-corrected chi connectivity index (χ1v) is 12.5. The summed E-state index contributed by atoms with van der Waals surface area (Å²) >= 11 is 0. The molecule has 2 aliphatic rings. The average molecular weight is 516 g/mol. The quantitative estimate of drug-likeness (QED) is 0.521. The Labute approximate surface area is 200 Å². The summed E-state index contributed by atoms with van der Waals surface area (Å²) < 4.78 is 71.3. The number of hydrogen-bond donors (Lipinski definition) is 0. The minimum atomic E-state index is -4.47. The molecule has 14 heteroatoms. The molecule has 190 valence electrons. The predicted octanol–water partition coefficient (Wildman–Crippen LogP) is 2.01. The van der Waals surface area contributed by atoms with Crippen molar-refractivity contribution in [2.75, 3.05) is 36.0 Å². The first-order chi connectivity index (χ1) is 16.4. The van der Waals surface area contributed by atoms with E-state index < -0.39 is 39.2 Å². The molecule has 2 fully saturated rings. The van der Waals surface area contributed by atoms with Crippen LogP contribution in [0.25, 0.3) is 0 Å². The van der Waals surface area contributed by atoms with Crippen LogP contribution in [-0.2, 0) is 14.6 Å². The third-order valence-electron chi connectivity index (χ3n) is 5.72. The number of amides is 1. The largest absolute Gasteiger partial charge is 0.479 e. The van der Waals surface area contributed by atoms with Crippen LogP contribution in [-0.4, -0.2) is 78.3 Å². The van der Waals surface area contributed by atoms with Gasteiger partial charge in [0.2, 0.25) is 11.8 Å². The second-order valence-electron chi connectivity index (χ2n) is 8.53. The smallest absolute Gasteiger partial charge is 0.422 e. The maximum atomic E-state index is 12.8. The minimum Gasteiger partial charge on any atom is -0.479 e. The number of anilines is 2. The number of pyridine rings is 1. The van der Waals surface area contributed by atoms with Gasteiger partial charge in [-0.1, -0.05) is 0 Å². The van der Waals surface area contributed by atoms with Crippen LogP contribution in [0.15, 0.2) is 30.7 Å². The number of sulfone groups is 1. The van der Waals surface area contributed by atoms with Crippen molar-refractivity contribution in [1.29, 1.82) is 0 Å². The summed E-state index contributed by atoms with van der Waals surface area (Å²) in [5.41, 5.74) is 0.478. The number of aromatic nitrogens is 3. The highest BCUT2D eigenvalue weighted by Crippen LogP contribution is 2.28. The van der Waals surface area contributed by atoms with Gasteiger partial charge in [0, 0.05) is 32.1 Å². The standard InChI is InChI=1S/C21H24F3N5O5S/c1-13(2)35(31,32)16-10-28(11-16)20-26-7-14(8-27-20)29-6-5-17(19(29)30)34-15-3-4-18(25-9-15)33-12-21(22,23)24/h3-4,7-9,13,16-17H,5-6,10-12H2,1-2H3/t17-/m1/s1. The van der Waals surface area contributed by atoms with Crippen LogP contribution in [0.2, 0.25) is 0 Å². The second-order valence-corrected chi connectivity index (χ2v) is 11.3. The summed E-state index contributed by atoms with van der Waals surface area (Å²) in [7, 11) is -3.17. The maximum absolute atomic E-state index is 12.8. The van der Waals surface area contributed by atoms with Gasteiger partial charge in [-0.2, -0.15) is 13.2 Å². The fourth-order valence-electron chi connectivity index (χ4n) is 3.67. The van der Waals surface area contributed by atoms with E-state index in [4.69, 9.17) is 4.74 Å². The zero-order valence-corrected chi connectivity index (χ0v) is 19.8. The molecule has 1 atom stereocenters. The van der Waals surface area contributed by atoms with E-state index in [0.717, 1.165) is 0 Å². The number of hydrogen-bond acceptors (Lipinski definition) is 9. The highest BCUT2D eigenvalue weighted by molar-refractivity contribution is 7.92. The predicted molar refractivity (Wildman–Crippen MR) is 119 cm³/mol. The number of alkyl halides is 3. The van der Waals surface area contributed by atoms with Crippen molar-refractivity contribution in [2.45, 2.75) is 43.0 Å². The summed E-state index contributed by atoms with van der Waals surface area (Å²) in [5.74, 6) is 0.0922. The second kappa shape index (κ2) is 9.47. The van der Waals surface area contributed by atoms with Crippen LogP contribution in [0.1, 0.15) is 20.3 Å². The summed E-state index contributed by atoms with van der Waals surface area (Å²) in [6.45, 7) is 2.88. The molecule has 0 unspecified atom stereocenters. The zero-order valence-electron chi connectivity index (χ0n) is 19.0. The Morgan fingerprint density at radius 2 is 1.80 bits per heavy atom. The molecule has 0 spiro atoms. The van der Waals surface area contributed by atoms with Gasteiger partial charge >= 0.3 is 6.18 Å². The Morgan fingerprint density at radius 3 is 2.37 bits per heavy atom. The van der Waals surface area contributed by atoms with Crippen LogP contribution < -0.4 is 19.3 Å². The van der Waals surface area contributed by atoms with E-state index in [2.05, 4.69) is 19.7 Å². The molecule has 10 nitrogen and oxygen atoms in total. The number of ether oxygens (including phenoxy) is 2. The Kier molecular flexibility index (Phi) is 6.75. The fourth-order valence-corrected chi connectivity index (χ4v) is 5.22. The lowest BCUT2D eigenvalue weighted by molar-refractivity contribution is -0.154. The van der Waals surface area contributed by atoms with Crippen molar-refractivity contribution in [3.8, 4) is 11.6 Å². The third kappa shape index (κ3) is 5.57. The van der Waals surface area contributed by atoms with Gasteiger partial charge in [-0.15, -0.1) is 0 Å². The molecule has 0 bridgehead atoms.